The van der Waals surface area contributed by atoms with E-state index in [1.165, 1.54) is 24.4 Å². The molecule has 0 aliphatic heterocycles. The van der Waals surface area contributed by atoms with E-state index in [4.69, 9.17) is 0 Å². The fraction of sp³-hybridized carbons (Fsp3) is 0.222. The topological polar surface area (TPSA) is 39.4 Å². The highest BCUT2D eigenvalue weighted by atomic mass is 19.4. The van der Waals surface area contributed by atoms with E-state index < -0.39 is 30.1 Å². The molecule has 0 saturated heterocycles. The number of hydrogen-bond acceptors (Lipinski definition) is 3. The Balaban J connectivity index is 1.92. The first-order chi connectivity index (χ1) is 12.7. The molecule has 0 N–H and O–H groups in total. The van der Waals surface area contributed by atoms with Crippen LogP contribution >= 0.6 is 0 Å². The second-order valence-corrected chi connectivity index (χ2v) is 5.63. The van der Waals surface area contributed by atoms with Crippen molar-refractivity contribution in [2.24, 2.45) is 0 Å². The van der Waals surface area contributed by atoms with E-state index in [1.807, 2.05) is 0 Å². The third-order valence-electron chi connectivity index (χ3n) is 3.62. The van der Waals surface area contributed by atoms with Gasteiger partial charge in [0.15, 0.2) is 5.65 Å². The van der Waals surface area contributed by atoms with Crippen LogP contribution in [-0.2, 0) is 16.8 Å². The molecule has 0 spiro atoms. The number of halogens is 5. The Labute approximate surface area is 150 Å². The summed E-state index contributed by atoms with van der Waals surface area (Å²) in [5.41, 5.74) is 0.165. The zero-order valence-corrected chi connectivity index (χ0v) is 13.9. The largest absolute Gasteiger partial charge is 0.416 e. The van der Waals surface area contributed by atoms with Crippen molar-refractivity contribution in [3.05, 3.63) is 65.1 Å². The third-order valence-corrected chi connectivity index (χ3v) is 3.62. The lowest BCUT2D eigenvalue weighted by atomic mass is 10.1. The number of rotatable bonds is 3. The second kappa shape index (κ2) is 6.96. The predicted octanol–water partition coefficient (Wildman–Crippen LogP) is 3.89. The molecule has 0 unspecified atom stereocenters. The summed E-state index contributed by atoms with van der Waals surface area (Å²) in [5, 5.41) is 7.19. The number of ether oxygens (including phenoxy) is 1. The van der Waals surface area contributed by atoms with Crippen molar-refractivity contribution in [1.29, 1.82) is 0 Å². The maximum Gasteiger partial charge on any atom is 0.416 e. The summed E-state index contributed by atoms with van der Waals surface area (Å²) in [7, 11) is 1.15. The van der Waals surface area contributed by atoms with Crippen molar-refractivity contribution >= 4 is 5.65 Å². The van der Waals surface area contributed by atoms with Crippen molar-refractivity contribution in [3.63, 3.8) is 0 Å². The van der Waals surface area contributed by atoms with Gasteiger partial charge in [0.1, 0.15) is 6.61 Å². The maximum atomic E-state index is 14.1. The van der Waals surface area contributed by atoms with Crippen LogP contribution in [0.5, 0.6) is 0 Å². The molecular weight excluding hydrogens is 369 g/mol. The number of methoxy groups -OCH3 is 1. The first-order valence-electron chi connectivity index (χ1n) is 7.62. The summed E-state index contributed by atoms with van der Waals surface area (Å²) in [6.07, 6.45) is -3.08. The lowest BCUT2D eigenvalue weighted by Crippen LogP contribution is -2.23. The lowest BCUT2D eigenvalue weighted by Gasteiger charge is -2.12. The van der Waals surface area contributed by atoms with Gasteiger partial charge in [0.05, 0.1) is 5.56 Å². The molecule has 9 heteroatoms. The fourth-order valence-corrected chi connectivity index (χ4v) is 2.35. The van der Waals surface area contributed by atoms with Gasteiger partial charge in [-0.1, -0.05) is 11.8 Å². The molecule has 0 aliphatic rings. The van der Waals surface area contributed by atoms with E-state index in [0.717, 1.165) is 23.6 Å². The summed E-state index contributed by atoms with van der Waals surface area (Å²) in [6, 6.07) is 7.36. The van der Waals surface area contributed by atoms with Crippen LogP contribution in [0.3, 0.4) is 0 Å². The molecule has 2 aromatic heterocycles. The lowest BCUT2D eigenvalue weighted by molar-refractivity contribution is -0.137. The van der Waals surface area contributed by atoms with Crippen LogP contribution in [-0.4, -0.2) is 28.3 Å². The van der Waals surface area contributed by atoms with E-state index in [0.29, 0.717) is 11.1 Å². The average molecular weight is 381 g/mol. The summed E-state index contributed by atoms with van der Waals surface area (Å²) in [5.74, 6) is 1.50. The predicted molar refractivity (Wildman–Crippen MR) is 86.2 cm³/mol. The van der Waals surface area contributed by atoms with Crippen molar-refractivity contribution in [2.75, 3.05) is 13.7 Å². The summed E-state index contributed by atoms with van der Waals surface area (Å²) in [4.78, 5) is 0. The monoisotopic (exact) mass is 381 g/mol. The van der Waals surface area contributed by atoms with Gasteiger partial charge in [-0.25, -0.2) is 0 Å². The Bertz CT molecular complexity index is 1010. The Kier molecular flexibility index (Phi) is 4.85. The highest BCUT2D eigenvalue weighted by Gasteiger charge is 2.37. The molecule has 4 nitrogen and oxygen atoms in total. The Morgan fingerprint density at radius 3 is 2.19 bits per heavy atom. The molecule has 0 radical (unpaired) electrons. The molecule has 0 saturated carbocycles. The summed E-state index contributed by atoms with van der Waals surface area (Å²) < 4.78 is 71.4. The molecule has 27 heavy (non-hydrogen) atoms. The molecule has 1 aromatic carbocycles. The minimum absolute atomic E-state index is 0.209. The molecule has 0 bridgehead atoms. The van der Waals surface area contributed by atoms with Crippen LogP contribution in [0, 0.1) is 11.8 Å². The van der Waals surface area contributed by atoms with Crippen LogP contribution in [0.4, 0.5) is 22.0 Å². The second-order valence-electron chi connectivity index (χ2n) is 5.63. The van der Waals surface area contributed by atoms with E-state index in [1.54, 1.807) is 6.07 Å². The van der Waals surface area contributed by atoms with Gasteiger partial charge in [-0.3, -0.25) is 4.40 Å². The SMILES string of the molecule is COCC(F)(F)c1nnc2ccc(C#Cc3ccc(C(F)(F)F)cc3)cn12. The van der Waals surface area contributed by atoms with Gasteiger partial charge in [0.25, 0.3) is 0 Å². The first-order valence-corrected chi connectivity index (χ1v) is 7.62. The quantitative estimate of drug-likeness (QED) is 0.511. The number of benzene rings is 1. The maximum absolute atomic E-state index is 14.1. The Morgan fingerprint density at radius 2 is 1.56 bits per heavy atom. The Morgan fingerprint density at radius 1 is 0.926 bits per heavy atom. The van der Waals surface area contributed by atoms with Crippen molar-refractivity contribution < 1.29 is 26.7 Å². The zero-order chi connectivity index (χ0) is 19.7. The van der Waals surface area contributed by atoms with E-state index in [9.17, 15) is 22.0 Å². The molecule has 2 heterocycles. The number of hydrogen-bond donors (Lipinski definition) is 0. The van der Waals surface area contributed by atoms with Crippen LogP contribution in [0.15, 0.2) is 42.6 Å². The number of alkyl halides is 5. The van der Waals surface area contributed by atoms with Crippen LogP contribution in [0.2, 0.25) is 0 Å². The molecule has 0 aliphatic carbocycles. The smallest absolute Gasteiger partial charge is 0.378 e. The highest BCUT2D eigenvalue weighted by Crippen LogP contribution is 2.29. The third kappa shape index (κ3) is 4.06. The van der Waals surface area contributed by atoms with Gasteiger partial charge in [-0.2, -0.15) is 22.0 Å². The van der Waals surface area contributed by atoms with Crippen molar-refractivity contribution in [2.45, 2.75) is 12.1 Å². The molecule has 0 fully saturated rings. The van der Waals surface area contributed by atoms with Crippen LogP contribution in [0.1, 0.15) is 22.5 Å². The number of pyridine rings is 1. The zero-order valence-electron chi connectivity index (χ0n) is 13.9. The highest BCUT2D eigenvalue weighted by molar-refractivity contribution is 5.47. The van der Waals surface area contributed by atoms with Crippen LogP contribution < -0.4 is 0 Å². The van der Waals surface area contributed by atoms with Gasteiger partial charge in [0.2, 0.25) is 5.82 Å². The summed E-state index contributed by atoms with van der Waals surface area (Å²) >= 11 is 0. The van der Waals surface area contributed by atoms with E-state index >= 15 is 0 Å². The minimum Gasteiger partial charge on any atom is -0.378 e. The molecule has 140 valence electrons. The van der Waals surface area contributed by atoms with Gasteiger partial charge < -0.3 is 4.74 Å². The Hall–Kier alpha value is -2.99. The normalized spacial score (nSPS) is 12.1. The van der Waals surface area contributed by atoms with Crippen molar-refractivity contribution in [3.8, 4) is 11.8 Å². The molecule has 3 aromatic rings. The van der Waals surface area contributed by atoms with Crippen molar-refractivity contribution in [1.82, 2.24) is 14.6 Å². The van der Waals surface area contributed by atoms with Crippen LogP contribution in [0.25, 0.3) is 5.65 Å². The number of fused-ring (bicyclic) bond motifs is 1. The van der Waals surface area contributed by atoms with E-state index in [-0.39, 0.29) is 5.65 Å². The molecule has 0 amide bonds. The number of aromatic nitrogens is 3. The van der Waals surface area contributed by atoms with Gasteiger partial charge in [0, 0.05) is 24.4 Å². The first kappa shape index (κ1) is 18.8. The van der Waals surface area contributed by atoms with Gasteiger partial charge in [-0.05, 0) is 36.4 Å². The minimum atomic E-state index is -4.42. The van der Waals surface area contributed by atoms with E-state index in [2.05, 4.69) is 26.8 Å². The van der Waals surface area contributed by atoms with Gasteiger partial charge >= 0.3 is 12.1 Å². The summed E-state index contributed by atoms with van der Waals surface area (Å²) in [6.45, 7) is -0.852. The average Bonchev–Trinajstić information content (AvgIpc) is 3.03. The molecule has 0 atom stereocenters. The fourth-order valence-electron chi connectivity index (χ4n) is 2.35. The standard InChI is InChI=1S/C18H12F5N3O/c1-27-11-17(19,20)16-25-24-15-9-6-13(10-26(15)16)3-2-12-4-7-14(8-5-12)18(21,22)23/h4-10H,11H2,1H3. The number of nitrogens with zero attached hydrogens (tertiary/aromatic N) is 3. The molecule has 3 rings (SSSR count). The van der Waals surface area contributed by atoms with Gasteiger partial charge in [-0.15, -0.1) is 10.2 Å². The molecular formula is C18H12F5N3O.